The molecule has 10 heteroatoms. The van der Waals surface area contributed by atoms with E-state index in [9.17, 15) is 14.0 Å². The monoisotopic (exact) mass is 497 g/mol. The highest BCUT2D eigenvalue weighted by Crippen LogP contribution is 2.40. The molecular formula is C22H22Cl2FN3O3S. The molecule has 0 aliphatic heterocycles. The number of methoxy groups -OCH3 is 1. The predicted octanol–water partition coefficient (Wildman–Crippen LogP) is 7.08. The van der Waals surface area contributed by atoms with Gasteiger partial charge in [0, 0.05) is 23.7 Å². The lowest BCUT2D eigenvalue weighted by Gasteiger charge is -2.20. The molecule has 3 aromatic rings. The van der Waals surface area contributed by atoms with Gasteiger partial charge in [-0.1, -0.05) is 37.0 Å². The van der Waals surface area contributed by atoms with E-state index in [1.807, 2.05) is 13.8 Å². The van der Waals surface area contributed by atoms with Crippen molar-refractivity contribution in [2.45, 2.75) is 20.8 Å². The number of aldehydes is 1. The van der Waals surface area contributed by atoms with Crippen LogP contribution in [-0.4, -0.2) is 31.5 Å². The van der Waals surface area contributed by atoms with Crippen LogP contribution in [0.2, 0.25) is 10.0 Å². The third-order valence-electron chi connectivity index (χ3n) is 4.41. The van der Waals surface area contributed by atoms with Crippen molar-refractivity contribution in [1.29, 1.82) is 0 Å². The fraction of sp³-hybridized carbons (Fsp3) is 0.227. The Bertz CT molecular complexity index is 1140. The molecule has 6 nitrogen and oxygen atoms in total. The fourth-order valence-corrected chi connectivity index (χ4v) is 4.16. The number of hydrogen-bond acceptors (Lipinski definition) is 5. The number of ether oxygens (including phenoxy) is 1. The molecule has 0 aliphatic rings. The minimum atomic E-state index is -0.598. The second-order valence-electron chi connectivity index (χ2n) is 6.23. The Balaban J connectivity index is 0.00000176. The van der Waals surface area contributed by atoms with Crippen molar-refractivity contribution in [1.82, 2.24) is 4.98 Å². The quantitative estimate of drug-likeness (QED) is 0.382. The summed E-state index contributed by atoms with van der Waals surface area (Å²) in [6.07, 6.45) is 3.64. The van der Waals surface area contributed by atoms with E-state index in [0.717, 1.165) is 17.4 Å². The highest BCUT2D eigenvalue weighted by molar-refractivity contribution is 7.17. The van der Waals surface area contributed by atoms with E-state index in [0.29, 0.717) is 38.7 Å². The highest BCUT2D eigenvalue weighted by atomic mass is 35.5. The van der Waals surface area contributed by atoms with Crippen LogP contribution in [0.25, 0.3) is 10.4 Å². The number of thiophene rings is 1. The number of pyridine rings is 1. The molecule has 2 aromatic heterocycles. The molecular weight excluding hydrogens is 476 g/mol. The third-order valence-corrected chi connectivity index (χ3v) is 6.20. The van der Waals surface area contributed by atoms with Crippen LogP contribution in [0.1, 0.15) is 29.1 Å². The van der Waals surface area contributed by atoms with Gasteiger partial charge < -0.3 is 10.1 Å². The lowest BCUT2D eigenvalue weighted by Crippen LogP contribution is -2.32. The van der Waals surface area contributed by atoms with Crippen LogP contribution in [0.3, 0.4) is 0 Å². The van der Waals surface area contributed by atoms with Crippen LogP contribution < -0.4 is 15.0 Å². The number of halogens is 3. The molecule has 2 heterocycles. The van der Waals surface area contributed by atoms with Crippen LogP contribution in [0, 0.1) is 12.7 Å². The zero-order chi connectivity index (χ0) is 24.0. The Morgan fingerprint density at radius 2 is 1.91 bits per heavy atom. The van der Waals surface area contributed by atoms with E-state index in [-0.39, 0.29) is 15.6 Å². The van der Waals surface area contributed by atoms with Crippen molar-refractivity contribution < 1.29 is 18.7 Å². The molecule has 170 valence electrons. The van der Waals surface area contributed by atoms with Gasteiger partial charge in [-0.25, -0.2) is 9.18 Å². The molecule has 0 aliphatic carbocycles. The van der Waals surface area contributed by atoms with E-state index in [1.54, 1.807) is 20.0 Å². The molecule has 0 atom stereocenters. The predicted molar refractivity (Wildman–Crippen MR) is 129 cm³/mol. The maximum Gasteiger partial charge on any atom is 0.326 e. The number of benzene rings is 1. The molecule has 0 radical (unpaired) electrons. The number of nitrogens with zero attached hydrogens (tertiary/aromatic N) is 2. The van der Waals surface area contributed by atoms with Gasteiger partial charge >= 0.3 is 6.03 Å². The van der Waals surface area contributed by atoms with Gasteiger partial charge in [0.25, 0.3) is 0 Å². The van der Waals surface area contributed by atoms with Gasteiger partial charge in [-0.2, -0.15) is 0 Å². The van der Waals surface area contributed by atoms with Crippen LogP contribution in [0.15, 0.2) is 30.6 Å². The number of carbonyl (C=O) groups excluding carboxylic acids is 2. The van der Waals surface area contributed by atoms with E-state index in [1.165, 1.54) is 30.5 Å². The van der Waals surface area contributed by atoms with Gasteiger partial charge in [0.05, 0.1) is 39.6 Å². The van der Waals surface area contributed by atoms with Gasteiger partial charge in [0.2, 0.25) is 0 Å². The number of rotatable bonds is 5. The number of hydrogen-bond donors (Lipinski definition) is 1. The van der Waals surface area contributed by atoms with Crippen LogP contribution in [0.5, 0.6) is 5.75 Å². The molecule has 2 amide bonds. The van der Waals surface area contributed by atoms with Gasteiger partial charge in [-0.05, 0) is 30.7 Å². The Labute approximate surface area is 199 Å². The number of anilines is 2. The molecule has 0 fully saturated rings. The van der Waals surface area contributed by atoms with E-state index >= 15 is 0 Å². The third kappa shape index (κ3) is 5.38. The minimum absolute atomic E-state index is 0.0182. The first-order chi connectivity index (χ1) is 15.3. The molecule has 3 rings (SSSR count). The molecule has 1 N–H and O–H groups in total. The number of urea groups is 1. The summed E-state index contributed by atoms with van der Waals surface area (Å²) in [4.78, 5) is 30.5. The second-order valence-corrected chi connectivity index (χ2v) is 8.13. The zero-order valence-corrected chi connectivity index (χ0v) is 20.5. The molecule has 0 unspecified atom stereocenters. The molecule has 0 saturated carbocycles. The van der Waals surface area contributed by atoms with E-state index in [2.05, 4.69) is 10.3 Å². The lowest BCUT2D eigenvalue weighted by molar-refractivity contribution is 0.112. The SMILES string of the molecule is CC.COc1cc(-c2cc(NC(=O)N(C)c3cncc(Cl)c3C)c(C=O)s2)c(Cl)cc1F. The summed E-state index contributed by atoms with van der Waals surface area (Å²) in [5.41, 5.74) is 1.99. The summed E-state index contributed by atoms with van der Waals surface area (Å²) in [6.45, 7) is 5.77. The summed E-state index contributed by atoms with van der Waals surface area (Å²) in [7, 11) is 2.90. The number of nitrogens with one attached hydrogen (secondary N) is 1. The summed E-state index contributed by atoms with van der Waals surface area (Å²) in [5, 5.41) is 3.29. The summed E-state index contributed by atoms with van der Waals surface area (Å²) in [5.74, 6) is -0.580. The Morgan fingerprint density at radius 3 is 2.53 bits per heavy atom. The van der Waals surface area contributed by atoms with Crippen molar-refractivity contribution in [3.63, 3.8) is 0 Å². The Kier molecular flexibility index (Phi) is 9.00. The Morgan fingerprint density at radius 1 is 1.22 bits per heavy atom. The molecule has 1 aromatic carbocycles. The summed E-state index contributed by atoms with van der Waals surface area (Å²) >= 11 is 13.4. The second kappa shape index (κ2) is 11.3. The molecule has 0 saturated heterocycles. The van der Waals surface area contributed by atoms with Crippen LogP contribution in [0.4, 0.5) is 20.6 Å². The average molecular weight is 498 g/mol. The summed E-state index contributed by atoms with van der Waals surface area (Å²) in [6, 6.07) is 3.69. The number of amides is 2. The lowest BCUT2D eigenvalue weighted by atomic mass is 10.1. The highest BCUT2D eigenvalue weighted by Gasteiger charge is 2.20. The zero-order valence-electron chi connectivity index (χ0n) is 18.1. The van der Waals surface area contributed by atoms with E-state index in [4.69, 9.17) is 27.9 Å². The van der Waals surface area contributed by atoms with Gasteiger partial charge in [0.1, 0.15) is 0 Å². The van der Waals surface area contributed by atoms with Gasteiger partial charge in [-0.3, -0.25) is 14.7 Å². The first-order valence-electron chi connectivity index (χ1n) is 9.54. The van der Waals surface area contributed by atoms with Crippen molar-refractivity contribution in [2.24, 2.45) is 0 Å². The maximum atomic E-state index is 13.8. The van der Waals surface area contributed by atoms with Crippen molar-refractivity contribution >= 4 is 58.2 Å². The van der Waals surface area contributed by atoms with Gasteiger partial charge in [0.15, 0.2) is 17.9 Å². The Hall–Kier alpha value is -2.68. The first-order valence-corrected chi connectivity index (χ1v) is 11.1. The van der Waals surface area contributed by atoms with Crippen molar-refractivity contribution in [3.8, 4) is 16.2 Å². The normalized spacial score (nSPS) is 10.1. The largest absolute Gasteiger partial charge is 0.494 e. The van der Waals surface area contributed by atoms with Crippen molar-refractivity contribution in [3.05, 3.63) is 56.9 Å². The average Bonchev–Trinajstić information content (AvgIpc) is 3.19. The topological polar surface area (TPSA) is 71.5 Å². The van der Waals surface area contributed by atoms with E-state index < -0.39 is 11.8 Å². The van der Waals surface area contributed by atoms with Crippen molar-refractivity contribution in [2.75, 3.05) is 24.4 Å². The van der Waals surface area contributed by atoms with Crippen LogP contribution >= 0.6 is 34.5 Å². The van der Waals surface area contributed by atoms with Gasteiger partial charge in [-0.15, -0.1) is 11.3 Å². The standard InChI is InChI=1S/C20H16Cl2FN3O3S.C2H6/c1-10-13(22)7-24-8-16(10)26(2)20(28)25-15-6-18(30-19(15)9-27)11-4-17(29-3)14(23)5-12(11)21;1-2/h4-9H,1-3H3,(H,25,28);1-2H3. The fourth-order valence-electron chi connectivity index (χ4n) is 2.73. The molecule has 0 bridgehead atoms. The minimum Gasteiger partial charge on any atom is -0.494 e. The summed E-state index contributed by atoms with van der Waals surface area (Å²) < 4.78 is 18.8. The molecule has 32 heavy (non-hydrogen) atoms. The number of carbonyl (C=O) groups is 2. The number of aromatic nitrogens is 1. The smallest absolute Gasteiger partial charge is 0.326 e. The first kappa shape index (κ1) is 25.6. The molecule has 0 spiro atoms. The maximum absolute atomic E-state index is 13.8. The van der Waals surface area contributed by atoms with Crippen LogP contribution in [-0.2, 0) is 0 Å².